The second kappa shape index (κ2) is 3.23. The van der Waals surface area contributed by atoms with Crippen LogP contribution < -0.4 is 11.6 Å². The van der Waals surface area contributed by atoms with Crippen molar-refractivity contribution in [3.8, 4) is 0 Å². The molecule has 0 atom stereocenters. The van der Waals surface area contributed by atoms with E-state index in [1.165, 1.54) is 0 Å². The summed E-state index contributed by atoms with van der Waals surface area (Å²) in [6.45, 7) is 0.429. The number of carboxylic acid groups (broad SMARTS) is 1. The first kappa shape index (κ1) is 7.19. The fraction of sp³-hybridized carbons (Fsp3) is 0.667. The van der Waals surface area contributed by atoms with E-state index in [2.05, 4.69) is 0 Å². The van der Waals surface area contributed by atoms with Gasteiger partial charge in [0.25, 0.3) is 0 Å². The van der Waals surface area contributed by atoms with Crippen molar-refractivity contribution in [2.75, 3.05) is 13.1 Å². The summed E-state index contributed by atoms with van der Waals surface area (Å²) in [5.74, 6) is 4.88. The Labute approximate surface area is 46.8 Å². The number of nitrogens with two attached hydrogens (primary N) is 2. The molecule has 0 aromatic rings. The van der Waals surface area contributed by atoms with Gasteiger partial charge in [-0.2, -0.15) is 0 Å². The number of nitrogens with zero attached hydrogens (tertiary/aromatic N) is 1. The lowest BCUT2D eigenvalue weighted by Crippen LogP contribution is -2.39. The van der Waals surface area contributed by atoms with Gasteiger partial charge in [0, 0.05) is 6.54 Å². The Balaban J connectivity index is 3.32. The van der Waals surface area contributed by atoms with Crippen LogP contribution in [0.4, 0.5) is 4.79 Å². The molecule has 0 fully saturated rings. The molecule has 0 spiro atoms. The maximum atomic E-state index is 9.83. The maximum Gasteiger partial charge on any atom is 0.421 e. The van der Waals surface area contributed by atoms with E-state index in [9.17, 15) is 4.79 Å². The highest BCUT2D eigenvalue weighted by Crippen LogP contribution is 1.73. The molecule has 0 saturated heterocycles. The molecule has 0 saturated carbocycles. The first-order valence-electron chi connectivity index (χ1n) is 2.13. The lowest BCUT2D eigenvalue weighted by molar-refractivity contribution is 0.147. The predicted molar refractivity (Wildman–Crippen MR) is 28.0 cm³/mol. The second-order valence-electron chi connectivity index (χ2n) is 1.26. The third kappa shape index (κ3) is 2.38. The minimum atomic E-state index is -1.16. The average Bonchev–Trinajstić information content (AvgIpc) is 1.67. The maximum absolute atomic E-state index is 9.83. The molecule has 0 bridgehead atoms. The lowest BCUT2D eigenvalue weighted by atomic mass is 10.6. The summed E-state index contributed by atoms with van der Waals surface area (Å²) in [7, 11) is 0. The second-order valence-corrected chi connectivity index (χ2v) is 1.26. The summed E-state index contributed by atoms with van der Waals surface area (Å²) >= 11 is 0. The molecule has 5 N–H and O–H groups in total. The average molecular weight is 119 g/mol. The van der Waals surface area contributed by atoms with Crippen molar-refractivity contribution in [2.24, 2.45) is 11.6 Å². The van der Waals surface area contributed by atoms with Crippen LogP contribution in [0.3, 0.4) is 0 Å². The third-order valence-electron chi connectivity index (χ3n) is 0.616. The summed E-state index contributed by atoms with van der Waals surface area (Å²) < 4.78 is 0. The molecule has 0 aromatic heterocycles. The number of carbonyl (C=O) groups is 1. The van der Waals surface area contributed by atoms with Gasteiger partial charge in [-0.25, -0.2) is 15.6 Å². The monoisotopic (exact) mass is 119 g/mol. The van der Waals surface area contributed by atoms with Crippen LogP contribution in [0, 0.1) is 0 Å². The number of hydrogen-bond acceptors (Lipinski definition) is 3. The van der Waals surface area contributed by atoms with Gasteiger partial charge in [0.1, 0.15) is 0 Å². The van der Waals surface area contributed by atoms with Crippen LogP contribution >= 0.6 is 0 Å². The van der Waals surface area contributed by atoms with Crippen LogP contribution in [0.1, 0.15) is 0 Å². The van der Waals surface area contributed by atoms with E-state index >= 15 is 0 Å². The fourth-order valence-corrected chi connectivity index (χ4v) is 0.235. The summed E-state index contributed by atoms with van der Waals surface area (Å²) in [5.41, 5.74) is 4.98. The molecular formula is C3H9N3O2. The zero-order chi connectivity index (χ0) is 6.57. The standard InChI is InChI=1S/C3H9N3O2/c4-1-2-6(5)3(7)8/h1-2,4-5H2,(H,7,8). The van der Waals surface area contributed by atoms with E-state index in [4.69, 9.17) is 16.7 Å². The molecule has 0 heterocycles. The number of amides is 1. The van der Waals surface area contributed by atoms with Gasteiger partial charge in [0.2, 0.25) is 0 Å². The van der Waals surface area contributed by atoms with Gasteiger partial charge in [-0.1, -0.05) is 0 Å². The van der Waals surface area contributed by atoms with E-state index in [1.54, 1.807) is 0 Å². The van der Waals surface area contributed by atoms with Gasteiger partial charge >= 0.3 is 6.09 Å². The molecule has 0 rings (SSSR count). The Bertz CT molecular complexity index is 84.6. The minimum absolute atomic E-state index is 0.176. The Hall–Kier alpha value is -0.810. The van der Waals surface area contributed by atoms with Crippen LogP contribution in [-0.4, -0.2) is 29.3 Å². The zero-order valence-electron chi connectivity index (χ0n) is 4.37. The predicted octanol–water partition coefficient (Wildman–Crippen LogP) is -1.20. The molecule has 48 valence electrons. The highest BCUT2D eigenvalue weighted by atomic mass is 16.4. The molecule has 5 nitrogen and oxygen atoms in total. The van der Waals surface area contributed by atoms with Gasteiger partial charge in [-0.3, -0.25) is 0 Å². The van der Waals surface area contributed by atoms with Gasteiger partial charge in [-0.05, 0) is 0 Å². The summed E-state index contributed by atoms with van der Waals surface area (Å²) in [4.78, 5) is 9.83. The highest BCUT2D eigenvalue weighted by Gasteiger charge is 2.01. The largest absolute Gasteiger partial charge is 0.464 e. The quantitative estimate of drug-likeness (QED) is 0.242. The van der Waals surface area contributed by atoms with Crippen LogP contribution in [0.25, 0.3) is 0 Å². The van der Waals surface area contributed by atoms with E-state index in [1.807, 2.05) is 0 Å². The van der Waals surface area contributed by atoms with Crippen LogP contribution in [0.2, 0.25) is 0 Å². The minimum Gasteiger partial charge on any atom is -0.464 e. The third-order valence-corrected chi connectivity index (χ3v) is 0.616. The molecule has 0 aromatic carbocycles. The molecule has 0 aliphatic carbocycles. The van der Waals surface area contributed by atoms with Gasteiger partial charge in [-0.15, -0.1) is 0 Å². The molecule has 1 amide bonds. The first-order chi connectivity index (χ1) is 3.68. The molecule has 0 unspecified atom stereocenters. The fourth-order valence-electron chi connectivity index (χ4n) is 0.235. The van der Waals surface area contributed by atoms with E-state index in [0.717, 1.165) is 0 Å². The summed E-state index contributed by atoms with van der Waals surface area (Å²) in [5, 5.41) is 8.70. The first-order valence-corrected chi connectivity index (χ1v) is 2.13. The van der Waals surface area contributed by atoms with Crippen molar-refractivity contribution in [3.05, 3.63) is 0 Å². The van der Waals surface area contributed by atoms with Crippen molar-refractivity contribution in [3.63, 3.8) is 0 Å². The van der Waals surface area contributed by atoms with Crippen molar-refractivity contribution < 1.29 is 9.90 Å². The summed E-state index contributed by atoms with van der Waals surface area (Å²) in [6.07, 6.45) is -1.16. The highest BCUT2D eigenvalue weighted by molar-refractivity contribution is 5.63. The van der Waals surface area contributed by atoms with Crippen molar-refractivity contribution >= 4 is 6.09 Å². The van der Waals surface area contributed by atoms with Gasteiger partial charge in [0.05, 0.1) is 6.54 Å². The van der Waals surface area contributed by atoms with Crippen LogP contribution in [0.5, 0.6) is 0 Å². The Morgan fingerprint density at radius 2 is 2.25 bits per heavy atom. The molecule has 0 aliphatic rings. The van der Waals surface area contributed by atoms with Crippen molar-refractivity contribution in [2.45, 2.75) is 0 Å². The van der Waals surface area contributed by atoms with Gasteiger partial charge in [0.15, 0.2) is 0 Å². The van der Waals surface area contributed by atoms with Crippen LogP contribution in [0.15, 0.2) is 0 Å². The SMILES string of the molecule is NCCN(N)C(=O)O. The van der Waals surface area contributed by atoms with E-state index in [0.29, 0.717) is 5.01 Å². The Kier molecular flexibility index (Phi) is 2.90. The zero-order valence-corrected chi connectivity index (χ0v) is 4.37. The topological polar surface area (TPSA) is 92.6 Å². The van der Waals surface area contributed by atoms with Crippen LogP contribution in [-0.2, 0) is 0 Å². The number of hydrazine groups is 1. The molecule has 8 heavy (non-hydrogen) atoms. The molecule has 0 aliphatic heterocycles. The van der Waals surface area contributed by atoms with Gasteiger partial charge < -0.3 is 10.8 Å². The molecular weight excluding hydrogens is 110 g/mol. The number of rotatable bonds is 2. The Morgan fingerprint density at radius 3 is 2.38 bits per heavy atom. The van der Waals surface area contributed by atoms with Crippen molar-refractivity contribution in [1.29, 1.82) is 0 Å². The smallest absolute Gasteiger partial charge is 0.421 e. The molecule has 5 heteroatoms. The lowest BCUT2D eigenvalue weighted by Gasteiger charge is -2.08. The Morgan fingerprint density at radius 1 is 1.75 bits per heavy atom. The summed E-state index contributed by atoms with van der Waals surface area (Å²) in [6, 6.07) is 0. The van der Waals surface area contributed by atoms with E-state index in [-0.39, 0.29) is 13.1 Å². The normalized spacial score (nSPS) is 8.75. The molecule has 0 radical (unpaired) electrons. The van der Waals surface area contributed by atoms with E-state index < -0.39 is 6.09 Å². The van der Waals surface area contributed by atoms with Crippen molar-refractivity contribution in [1.82, 2.24) is 5.01 Å². The number of hydrogen-bond donors (Lipinski definition) is 3.